The molecule has 0 bridgehead atoms. The van der Waals surface area contributed by atoms with Crippen LogP contribution in [0.25, 0.3) is 16.7 Å². The normalized spacial score (nSPS) is 19.2. The summed E-state index contributed by atoms with van der Waals surface area (Å²) in [6.07, 6.45) is 6.03. The molecule has 3 fully saturated rings. The maximum absolute atomic E-state index is 15.1. The molecule has 2 aliphatic heterocycles. The number of aryl methyl sites for hydroxylation is 1. The zero-order valence-corrected chi connectivity index (χ0v) is 23.3. The smallest absolute Gasteiger partial charge is 0.229 e. The quantitative estimate of drug-likeness (QED) is 0.345. The van der Waals surface area contributed by atoms with Crippen LogP contribution in [0.5, 0.6) is 0 Å². The van der Waals surface area contributed by atoms with E-state index in [4.69, 9.17) is 9.72 Å². The number of nitrogens with one attached hydrogen (secondary N) is 2. The molecular weight excluding hydrogens is 524 g/mol. The minimum absolute atomic E-state index is 0.0763. The van der Waals surface area contributed by atoms with Gasteiger partial charge in [0.2, 0.25) is 5.95 Å². The van der Waals surface area contributed by atoms with Crippen molar-refractivity contribution in [1.82, 2.24) is 29.7 Å². The second-order valence-corrected chi connectivity index (χ2v) is 11.6. The summed E-state index contributed by atoms with van der Waals surface area (Å²) in [6.45, 7) is 8.93. The lowest BCUT2D eigenvalue weighted by Crippen LogP contribution is -2.52. The number of anilines is 2. The molecule has 1 saturated carbocycles. The summed E-state index contributed by atoms with van der Waals surface area (Å²) in [6, 6.07) is 10.9. The molecule has 214 valence electrons. The topological polar surface area (TPSA) is 70.5 Å². The molecule has 2 aromatic carbocycles. The summed E-state index contributed by atoms with van der Waals surface area (Å²) < 4.78 is 37.3. The Labute approximate surface area is 238 Å². The minimum Gasteiger partial charge on any atom is -0.379 e. The molecule has 8 nitrogen and oxygen atoms in total. The monoisotopic (exact) mass is 559 g/mol. The van der Waals surface area contributed by atoms with E-state index in [-0.39, 0.29) is 12.1 Å². The number of halogens is 2. The van der Waals surface area contributed by atoms with Gasteiger partial charge in [0.25, 0.3) is 0 Å². The van der Waals surface area contributed by atoms with Gasteiger partial charge < -0.3 is 19.9 Å². The standard InChI is InChI=1S/C31H35F2N7O/c1-21-2-3-24(14-23(21)18-39-9-7-35-31(20-39)5-6-31)36-30-34-17-22-4-8-40(29(22)37-30)25-15-27(32)26(28(33)16-25)19-38-10-12-41-13-11-38/h2-4,8,14-17,35H,5-7,9-13,18-20H2,1H3,(H,34,36,37). The second kappa shape index (κ2) is 10.8. The van der Waals surface area contributed by atoms with Crippen molar-refractivity contribution in [2.24, 2.45) is 0 Å². The van der Waals surface area contributed by atoms with Gasteiger partial charge in [-0.25, -0.2) is 13.8 Å². The van der Waals surface area contributed by atoms with Gasteiger partial charge >= 0.3 is 0 Å². The highest BCUT2D eigenvalue weighted by Crippen LogP contribution is 2.38. The second-order valence-electron chi connectivity index (χ2n) is 11.6. The molecule has 0 unspecified atom stereocenters. The summed E-state index contributed by atoms with van der Waals surface area (Å²) in [5, 5.41) is 7.81. The van der Waals surface area contributed by atoms with Crippen molar-refractivity contribution < 1.29 is 13.5 Å². The maximum Gasteiger partial charge on any atom is 0.229 e. The van der Waals surface area contributed by atoms with Gasteiger partial charge in [-0.2, -0.15) is 4.98 Å². The van der Waals surface area contributed by atoms with E-state index < -0.39 is 11.6 Å². The molecule has 7 rings (SSSR count). The first-order chi connectivity index (χ1) is 19.9. The van der Waals surface area contributed by atoms with Gasteiger partial charge in [-0.15, -0.1) is 0 Å². The van der Waals surface area contributed by atoms with Crippen LogP contribution in [0.3, 0.4) is 0 Å². The largest absolute Gasteiger partial charge is 0.379 e. The van der Waals surface area contributed by atoms with Crippen molar-refractivity contribution >= 4 is 22.7 Å². The summed E-state index contributed by atoms with van der Waals surface area (Å²) in [5.41, 5.74) is 4.81. The number of morpholine rings is 1. The van der Waals surface area contributed by atoms with Gasteiger partial charge in [0.05, 0.1) is 18.9 Å². The average molecular weight is 560 g/mol. The zero-order valence-electron chi connectivity index (χ0n) is 23.3. The summed E-state index contributed by atoms with van der Waals surface area (Å²) in [4.78, 5) is 13.8. The molecule has 2 aromatic heterocycles. The number of benzene rings is 2. The lowest BCUT2D eigenvalue weighted by atomic mass is 10.1. The van der Waals surface area contributed by atoms with Crippen LogP contribution in [0.2, 0.25) is 0 Å². The van der Waals surface area contributed by atoms with Crippen LogP contribution >= 0.6 is 0 Å². The SMILES string of the molecule is Cc1ccc(Nc2ncc3ccn(-c4cc(F)c(CN5CCOCC5)c(F)c4)c3n2)cc1CN1CCNC2(CC2)C1. The van der Waals surface area contributed by atoms with Gasteiger partial charge in [-0.1, -0.05) is 6.07 Å². The van der Waals surface area contributed by atoms with Crippen molar-refractivity contribution in [2.45, 2.75) is 38.4 Å². The summed E-state index contributed by atoms with van der Waals surface area (Å²) in [5.74, 6) is -0.703. The van der Waals surface area contributed by atoms with E-state index in [0.29, 0.717) is 49.1 Å². The van der Waals surface area contributed by atoms with E-state index in [1.165, 1.54) is 36.1 Å². The fourth-order valence-electron chi connectivity index (χ4n) is 6.00. The molecule has 1 spiro atoms. The van der Waals surface area contributed by atoms with Gasteiger partial charge in [-0.3, -0.25) is 9.80 Å². The van der Waals surface area contributed by atoms with E-state index in [9.17, 15) is 0 Å². The molecule has 4 heterocycles. The van der Waals surface area contributed by atoms with Crippen molar-refractivity contribution in [3.8, 4) is 5.69 Å². The van der Waals surface area contributed by atoms with Crippen LogP contribution in [-0.4, -0.2) is 75.8 Å². The Morgan fingerprint density at radius 3 is 2.59 bits per heavy atom. The third kappa shape index (κ3) is 5.57. The number of aromatic nitrogens is 3. The summed E-state index contributed by atoms with van der Waals surface area (Å²) >= 11 is 0. The molecule has 2 N–H and O–H groups in total. The lowest BCUT2D eigenvalue weighted by Gasteiger charge is -2.34. The van der Waals surface area contributed by atoms with Crippen LogP contribution in [0.4, 0.5) is 20.4 Å². The highest BCUT2D eigenvalue weighted by atomic mass is 19.1. The Morgan fingerprint density at radius 1 is 1.00 bits per heavy atom. The predicted octanol–water partition coefficient (Wildman–Crippen LogP) is 4.52. The molecule has 4 aromatic rings. The van der Waals surface area contributed by atoms with Crippen LogP contribution in [0.15, 0.2) is 48.8 Å². The van der Waals surface area contributed by atoms with Crippen LogP contribution in [-0.2, 0) is 17.8 Å². The van der Waals surface area contributed by atoms with Crippen molar-refractivity contribution in [3.05, 3.63) is 77.1 Å². The average Bonchev–Trinajstić information content (AvgIpc) is 3.57. The number of hydrogen-bond acceptors (Lipinski definition) is 7. The molecule has 0 atom stereocenters. The Morgan fingerprint density at radius 2 is 1.80 bits per heavy atom. The molecule has 3 aliphatic rings. The van der Waals surface area contributed by atoms with Crippen LogP contribution < -0.4 is 10.6 Å². The van der Waals surface area contributed by atoms with Crippen molar-refractivity contribution in [1.29, 1.82) is 0 Å². The maximum atomic E-state index is 15.1. The molecule has 2 saturated heterocycles. The first kappa shape index (κ1) is 26.5. The Kier molecular flexibility index (Phi) is 6.94. The van der Waals surface area contributed by atoms with Crippen molar-refractivity contribution in [2.75, 3.05) is 51.3 Å². The van der Waals surface area contributed by atoms with E-state index >= 15 is 8.78 Å². The first-order valence-corrected chi connectivity index (χ1v) is 14.4. The fraction of sp³-hybridized carbons (Fsp3) is 0.419. The predicted molar refractivity (Wildman–Crippen MR) is 155 cm³/mol. The fourth-order valence-corrected chi connectivity index (χ4v) is 6.00. The van der Waals surface area contributed by atoms with Gasteiger partial charge in [-0.05, 0) is 61.2 Å². The number of nitrogens with zero attached hydrogens (tertiary/aromatic N) is 5. The number of piperazine rings is 1. The third-order valence-electron chi connectivity index (χ3n) is 8.62. The van der Waals surface area contributed by atoms with E-state index in [2.05, 4.69) is 39.6 Å². The lowest BCUT2D eigenvalue weighted by molar-refractivity contribution is 0.0332. The Hall–Kier alpha value is -3.44. The number of rotatable bonds is 7. The molecular formula is C31H35F2N7O. The van der Waals surface area contributed by atoms with Crippen LogP contribution in [0.1, 0.15) is 29.5 Å². The number of hydrogen-bond donors (Lipinski definition) is 2. The van der Waals surface area contributed by atoms with Crippen LogP contribution in [0, 0.1) is 18.6 Å². The summed E-state index contributed by atoms with van der Waals surface area (Å²) in [7, 11) is 0. The first-order valence-electron chi connectivity index (χ1n) is 14.4. The minimum atomic E-state index is -0.565. The highest BCUT2D eigenvalue weighted by Gasteiger charge is 2.45. The number of ether oxygens (including phenoxy) is 1. The number of fused-ring (bicyclic) bond motifs is 1. The van der Waals surface area contributed by atoms with Gasteiger partial charge in [0.1, 0.15) is 17.3 Å². The molecule has 0 radical (unpaired) electrons. The molecule has 1 aliphatic carbocycles. The molecule has 10 heteroatoms. The Bertz CT molecular complexity index is 1560. The Balaban J connectivity index is 1.11. The van der Waals surface area contributed by atoms with E-state index in [1.807, 2.05) is 17.0 Å². The third-order valence-corrected chi connectivity index (χ3v) is 8.62. The van der Waals surface area contributed by atoms with Gasteiger partial charge in [0.15, 0.2) is 0 Å². The molecule has 0 amide bonds. The van der Waals surface area contributed by atoms with Gasteiger partial charge in [0, 0.05) is 80.4 Å². The van der Waals surface area contributed by atoms with E-state index in [0.717, 1.165) is 37.3 Å². The van der Waals surface area contributed by atoms with Crippen molar-refractivity contribution in [3.63, 3.8) is 0 Å². The highest BCUT2D eigenvalue weighted by molar-refractivity contribution is 5.79. The van der Waals surface area contributed by atoms with E-state index in [1.54, 1.807) is 17.0 Å². The molecule has 41 heavy (non-hydrogen) atoms. The zero-order chi connectivity index (χ0) is 28.0.